The summed E-state index contributed by atoms with van der Waals surface area (Å²) in [5.74, 6) is 1.36. The zero-order chi connectivity index (χ0) is 17.5. The van der Waals surface area contributed by atoms with Crippen molar-refractivity contribution < 1.29 is 4.79 Å². The largest absolute Gasteiger partial charge is 0.353 e. The highest BCUT2D eigenvalue weighted by Crippen LogP contribution is 2.38. The maximum atomic E-state index is 12.5. The zero-order valence-corrected chi connectivity index (χ0v) is 14.4. The highest BCUT2D eigenvalue weighted by atomic mass is 16.2. The maximum Gasteiger partial charge on any atom is 0.271 e. The van der Waals surface area contributed by atoms with E-state index in [4.69, 9.17) is 0 Å². The van der Waals surface area contributed by atoms with E-state index in [2.05, 4.69) is 35.6 Å². The minimum atomic E-state index is -0.152. The fourth-order valence-electron chi connectivity index (χ4n) is 3.57. The van der Waals surface area contributed by atoms with Crippen LogP contribution in [0, 0.1) is 0 Å². The average Bonchev–Trinajstić information content (AvgIpc) is 3.22. The molecule has 0 spiro atoms. The Morgan fingerprint density at radius 1 is 1.12 bits per heavy atom. The molecule has 1 N–H and O–H groups in total. The van der Waals surface area contributed by atoms with E-state index >= 15 is 0 Å². The second kappa shape index (κ2) is 6.09. The van der Waals surface area contributed by atoms with Gasteiger partial charge in [0.2, 0.25) is 0 Å². The molecule has 0 bridgehead atoms. The zero-order valence-electron chi connectivity index (χ0n) is 14.4. The Labute approximate surface area is 151 Å². The van der Waals surface area contributed by atoms with Crippen molar-refractivity contribution in [2.24, 2.45) is 0 Å². The Hall–Kier alpha value is -2.96. The van der Waals surface area contributed by atoms with Crippen LogP contribution in [0.1, 0.15) is 41.4 Å². The van der Waals surface area contributed by atoms with E-state index in [-0.39, 0.29) is 11.9 Å². The van der Waals surface area contributed by atoms with Gasteiger partial charge in [0.25, 0.3) is 5.91 Å². The molecule has 1 saturated carbocycles. The van der Waals surface area contributed by atoms with Crippen molar-refractivity contribution in [1.29, 1.82) is 0 Å². The van der Waals surface area contributed by atoms with Crippen LogP contribution in [-0.2, 0) is 0 Å². The Morgan fingerprint density at radius 2 is 2.04 bits per heavy atom. The van der Waals surface area contributed by atoms with Crippen LogP contribution in [0.5, 0.6) is 0 Å². The lowest BCUT2D eigenvalue weighted by Crippen LogP contribution is -2.37. The molecule has 1 saturated heterocycles. The van der Waals surface area contributed by atoms with Crippen LogP contribution < -0.4 is 10.2 Å². The van der Waals surface area contributed by atoms with E-state index < -0.39 is 0 Å². The molecule has 5 rings (SSSR count). The predicted octanol–water partition coefficient (Wildman–Crippen LogP) is 2.01. The van der Waals surface area contributed by atoms with E-state index in [1.807, 2.05) is 24.7 Å². The summed E-state index contributed by atoms with van der Waals surface area (Å²) in [7, 11) is 0. The molecule has 26 heavy (non-hydrogen) atoms. The second-order valence-electron chi connectivity index (χ2n) is 7.06. The fraction of sp³-hybridized carbons (Fsp3) is 0.368. The minimum absolute atomic E-state index is 0.0874. The predicted molar refractivity (Wildman–Crippen MR) is 97.3 cm³/mol. The number of carbonyl (C=O) groups is 1. The van der Waals surface area contributed by atoms with Gasteiger partial charge in [-0.05, 0) is 31.4 Å². The summed E-state index contributed by atoms with van der Waals surface area (Å²) >= 11 is 0. The normalized spacial score (nSPS) is 19.8. The smallest absolute Gasteiger partial charge is 0.271 e. The Bertz CT molecular complexity index is 946. The van der Waals surface area contributed by atoms with Crippen molar-refractivity contribution in [3.05, 3.63) is 54.5 Å². The van der Waals surface area contributed by atoms with Crippen LogP contribution in [0.4, 0.5) is 5.82 Å². The molecule has 1 atom stereocenters. The highest BCUT2D eigenvalue weighted by Gasteiger charge is 2.28. The molecular formula is C19H20N6O. The molecular weight excluding hydrogens is 328 g/mol. The van der Waals surface area contributed by atoms with Crippen molar-refractivity contribution in [1.82, 2.24) is 24.7 Å². The molecule has 1 amide bonds. The molecule has 2 aliphatic rings. The lowest BCUT2D eigenvalue weighted by molar-refractivity contribution is 0.0935. The summed E-state index contributed by atoms with van der Waals surface area (Å²) in [5, 5.41) is 3.08. The van der Waals surface area contributed by atoms with E-state index in [9.17, 15) is 4.79 Å². The number of fused-ring (bicyclic) bond motifs is 1. The Balaban J connectivity index is 1.26. The average molecular weight is 348 g/mol. The summed E-state index contributed by atoms with van der Waals surface area (Å²) in [6, 6.07) is 4.16. The lowest BCUT2D eigenvalue weighted by atomic mass is 10.2. The van der Waals surface area contributed by atoms with E-state index in [1.165, 1.54) is 12.8 Å². The van der Waals surface area contributed by atoms with Crippen LogP contribution in [0.2, 0.25) is 0 Å². The van der Waals surface area contributed by atoms with Gasteiger partial charge in [-0.15, -0.1) is 0 Å². The second-order valence-corrected chi connectivity index (χ2v) is 7.06. The van der Waals surface area contributed by atoms with Gasteiger partial charge >= 0.3 is 0 Å². The topological polar surface area (TPSA) is 75.4 Å². The van der Waals surface area contributed by atoms with Gasteiger partial charge in [0.05, 0.1) is 17.4 Å². The first-order valence-corrected chi connectivity index (χ1v) is 9.07. The number of rotatable bonds is 4. The molecule has 2 fully saturated rings. The van der Waals surface area contributed by atoms with E-state index in [0.717, 1.165) is 36.5 Å². The summed E-state index contributed by atoms with van der Waals surface area (Å²) in [6.07, 6.45) is 12.4. The number of anilines is 1. The quantitative estimate of drug-likeness (QED) is 0.781. The molecule has 0 aromatic carbocycles. The van der Waals surface area contributed by atoms with E-state index in [1.54, 1.807) is 12.4 Å². The van der Waals surface area contributed by atoms with Crippen molar-refractivity contribution in [3.8, 4) is 0 Å². The molecule has 7 heteroatoms. The molecule has 7 nitrogen and oxygen atoms in total. The third kappa shape index (κ3) is 2.79. The lowest BCUT2D eigenvalue weighted by Gasteiger charge is -2.19. The number of amides is 1. The number of aromatic nitrogens is 4. The van der Waals surface area contributed by atoms with Crippen LogP contribution in [-0.4, -0.2) is 44.4 Å². The van der Waals surface area contributed by atoms with Gasteiger partial charge in [0, 0.05) is 49.8 Å². The van der Waals surface area contributed by atoms with E-state index in [0.29, 0.717) is 11.6 Å². The number of nitrogens with zero attached hydrogens (tertiary/aromatic N) is 5. The van der Waals surface area contributed by atoms with Crippen LogP contribution in [0.3, 0.4) is 0 Å². The van der Waals surface area contributed by atoms with Gasteiger partial charge < -0.3 is 14.6 Å². The van der Waals surface area contributed by atoms with Crippen molar-refractivity contribution in [2.45, 2.75) is 31.2 Å². The Morgan fingerprint density at radius 3 is 2.85 bits per heavy atom. The molecule has 4 heterocycles. The van der Waals surface area contributed by atoms with Gasteiger partial charge in [-0.3, -0.25) is 9.78 Å². The molecule has 3 aromatic rings. The van der Waals surface area contributed by atoms with Gasteiger partial charge in [0.15, 0.2) is 5.82 Å². The maximum absolute atomic E-state index is 12.5. The first kappa shape index (κ1) is 15.3. The van der Waals surface area contributed by atoms with Gasteiger partial charge in [-0.2, -0.15) is 0 Å². The first-order chi connectivity index (χ1) is 12.8. The third-order valence-corrected chi connectivity index (χ3v) is 5.16. The summed E-state index contributed by atoms with van der Waals surface area (Å²) < 4.78 is 2.06. The molecule has 0 unspecified atom stereocenters. The summed E-state index contributed by atoms with van der Waals surface area (Å²) in [5.41, 5.74) is 2.47. The SMILES string of the molecule is O=C(N[C@H]1CCN(c2nccn3cccc23)C1)c1cnc(C2CC2)cn1. The van der Waals surface area contributed by atoms with Crippen molar-refractivity contribution >= 4 is 17.2 Å². The Kier molecular flexibility index (Phi) is 3.58. The third-order valence-electron chi connectivity index (χ3n) is 5.16. The monoisotopic (exact) mass is 348 g/mol. The number of hydrogen-bond donors (Lipinski definition) is 1. The van der Waals surface area contributed by atoms with Crippen molar-refractivity contribution in [3.63, 3.8) is 0 Å². The van der Waals surface area contributed by atoms with Crippen molar-refractivity contribution in [2.75, 3.05) is 18.0 Å². The fourth-order valence-corrected chi connectivity index (χ4v) is 3.57. The molecule has 0 radical (unpaired) electrons. The van der Waals surface area contributed by atoms with Gasteiger partial charge in [-0.25, -0.2) is 9.97 Å². The molecule has 132 valence electrons. The molecule has 1 aliphatic heterocycles. The molecule has 3 aromatic heterocycles. The van der Waals surface area contributed by atoms with Crippen LogP contribution in [0.25, 0.3) is 5.52 Å². The number of nitrogens with one attached hydrogen (secondary N) is 1. The standard InChI is InChI=1S/C19H20N6O/c26-19(16-11-21-15(10-22-16)13-3-4-13)23-14-5-8-25(12-14)18-17-2-1-7-24(17)9-6-20-18/h1-2,6-7,9-11,13-14H,3-5,8,12H2,(H,23,26)/t14-/m0/s1. The molecule has 1 aliphatic carbocycles. The minimum Gasteiger partial charge on any atom is -0.353 e. The van der Waals surface area contributed by atoms with Gasteiger partial charge in [0.1, 0.15) is 5.69 Å². The highest BCUT2D eigenvalue weighted by molar-refractivity contribution is 5.92. The number of carbonyl (C=O) groups excluding carboxylic acids is 1. The van der Waals surface area contributed by atoms with Gasteiger partial charge in [-0.1, -0.05) is 0 Å². The van der Waals surface area contributed by atoms with Crippen LogP contribution in [0.15, 0.2) is 43.1 Å². The summed E-state index contributed by atoms with van der Waals surface area (Å²) in [4.78, 5) is 27.9. The first-order valence-electron chi connectivity index (χ1n) is 9.07. The van der Waals surface area contributed by atoms with Crippen LogP contribution >= 0.6 is 0 Å². The number of hydrogen-bond acceptors (Lipinski definition) is 5. The summed E-state index contributed by atoms with van der Waals surface area (Å²) in [6.45, 7) is 1.62.